The van der Waals surface area contributed by atoms with Gasteiger partial charge in [-0.2, -0.15) is 12.6 Å². The lowest BCUT2D eigenvalue weighted by atomic mass is 10.0. The molecule has 14 heteroatoms. The average Bonchev–Trinajstić information content (AvgIpc) is 2.76. The summed E-state index contributed by atoms with van der Waals surface area (Å²) in [6.45, 7) is 0.726. The Morgan fingerprint density at radius 1 is 0.727 bits per heavy atom. The fraction of sp³-hybridized carbons (Fsp3) is 0.737. The number of hydrogen-bond donors (Lipinski definition) is 9. The fourth-order valence-electron chi connectivity index (χ4n) is 2.80. The molecule has 0 spiro atoms. The molecule has 0 rings (SSSR count). The van der Waals surface area contributed by atoms with E-state index in [-0.39, 0.29) is 18.6 Å². The number of amides is 3. The Morgan fingerprint density at radius 3 is 1.64 bits per heavy atom. The van der Waals surface area contributed by atoms with Gasteiger partial charge in [-0.3, -0.25) is 19.2 Å². The predicted molar refractivity (Wildman–Crippen MR) is 123 cm³/mol. The third-order valence-electron chi connectivity index (χ3n) is 4.69. The molecule has 0 aliphatic heterocycles. The van der Waals surface area contributed by atoms with Crippen LogP contribution in [0.4, 0.5) is 0 Å². The average molecular weight is 493 g/mol. The molecule has 0 radical (unpaired) electrons. The van der Waals surface area contributed by atoms with Crippen molar-refractivity contribution in [3.63, 3.8) is 0 Å². The molecule has 190 valence electrons. The van der Waals surface area contributed by atoms with Crippen LogP contribution in [0.1, 0.15) is 44.9 Å². The smallest absolute Gasteiger partial charge is 0.326 e. The first kappa shape index (κ1) is 30.6. The van der Waals surface area contributed by atoms with Gasteiger partial charge in [0.2, 0.25) is 17.7 Å². The van der Waals surface area contributed by atoms with E-state index in [1.807, 2.05) is 0 Å². The molecular formula is C19H36N6O7S. The minimum absolute atomic E-state index is 0.0297. The molecule has 0 saturated heterocycles. The van der Waals surface area contributed by atoms with E-state index in [1.165, 1.54) is 0 Å². The monoisotopic (exact) mass is 492 g/mol. The van der Waals surface area contributed by atoms with E-state index >= 15 is 0 Å². The Hall–Kier alpha value is -2.42. The molecule has 0 aliphatic rings. The third-order valence-corrected chi connectivity index (χ3v) is 5.08. The van der Waals surface area contributed by atoms with Crippen molar-refractivity contribution >= 4 is 42.3 Å². The Bertz CT molecular complexity index is 667. The van der Waals surface area contributed by atoms with Crippen LogP contribution < -0.4 is 33.2 Å². The second-order valence-electron chi connectivity index (χ2n) is 7.48. The first-order valence-electron chi connectivity index (χ1n) is 10.7. The molecule has 0 saturated carbocycles. The van der Waals surface area contributed by atoms with E-state index < -0.39 is 60.2 Å². The van der Waals surface area contributed by atoms with Crippen LogP contribution in [0.25, 0.3) is 0 Å². The number of carbonyl (C=O) groups is 5. The molecule has 11 N–H and O–H groups in total. The van der Waals surface area contributed by atoms with E-state index in [0.29, 0.717) is 38.8 Å². The zero-order valence-electron chi connectivity index (χ0n) is 18.5. The largest absolute Gasteiger partial charge is 0.481 e. The van der Waals surface area contributed by atoms with Gasteiger partial charge >= 0.3 is 11.9 Å². The maximum atomic E-state index is 12.8. The first-order chi connectivity index (χ1) is 15.6. The molecule has 4 atom stereocenters. The highest BCUT2D eigenvalue weighted by Gasteiger charge is 2.31. The number of rotatable bonds is 18. The van der Waals surface area contributed by atoms with E-state index in [0.717, 1.165) is 0 Å². The highest BCUT2D eigenvalue weighted by molar-refractivity contribution is 7.80. The summed E-state index contributed by atoms with van der Waals surface area (Å²) in [6, 6.07) is -4.90. The Labute approximate surface area is 198 Å². The lowest BCUT2D eigenvalue weighted by Gasteiger charge is -2.24. The van der Waals surface area contributed by atoms with Crippen molar-refractivity contribution in [3.8, 4) is 0 Å². The predicted octanol–water partition coefficient (Wildman–Crippen LogP) is -2.48. The highest BCUT2D eigenvalue weighted by atomic mass is 32.1. The number of carboxylic acids is 2. The number of nitrogens with one attached hydrogen (secondary N) is 3. The standard InChI is InChI=1S/C19H36N6O7S/c20-7-3-1-5-12(17(29)24-13(19(31)32)6-2-4-8-21)23-18(30)14(9-15(26)27)25-16(28)11(22)10-33/h11-14,33H,1-10,20-22H2,(H,23,30)(H,24,29)(H,25,28)(H,26,27)(H,31,32). The number of nitrogens with two attached hydrogens (primary N) is 3. The van der Waals surface area contributed by atoms with Gasteiger partial charge < -0.3 is 43.4 Å². The Kier molecular flexibility index (Phi) is 15.9. The quantitative estimate of drug-likeness (QED) is 0.0720. The van der Waals surface area contributed by atoms with Gasteiger partial charge in [-0.1, -0.05) is 0 Å². The highest BCUT2D eigenvalue weighted by Crippen LogP contribution is 2.06. The number of thiol groups is 1. The molecule has 4 unspecified atom stereocenters. The normalized spacial score (nSPS) is 14.4. The molecule has 0 fully saturated rings. The van der Waals surface area contributed by atoms with Gasteiger partial charge in [0.25, 0.3) is 0 Å². The van der Waals surface area contributed by atoms with Gasteiger partial charge in [-0.25, -0.2) is 4.79 Å². The lowest BCUT2D eigenvalue weighted by Crippen LogP contribution is -2.57. The number of aliphatic carboxylic acids is 2. The maximum absolute atomic E-state index is 12.8. The minimum atomic E-state index is -1.49. The second-order valence-corrected chi connectivity index (χ2v) is 7.84. The molecule has 33 heavy (non-hydrogen) atoms. The summed E-state index contributed by atoms with van der Waals surface area (Å²) >= 11 is 3.89. The summed E-state index contributed by atoms with van der Waals surface area (Å²) in [5.74, 6) is -5.05. The molecule has 0 aromatic heterocycles. The van der Waals surface area contributed by atoms with Gasteiger partial charge in [-0.15, -0.1) is 0 Å². The molecule has 0 aliphatic carbocycles. The van der Waals surface area contributed by atoms with Crippen molar-refractivity contribution in [1.82, 2.24) is 16.0 Å². The van der Waals surface area contributed by atoms with Crippen LogP contribution >= 0.6 is 12.6 Å². The van der Waals surface area contributed by atoms with E-state index in [9.17, 15) is 29.1 Å². The van der Waals surface area contributed by atoms with E-state index in [1.54, 1.807) is 0 Å². The van der Waals surface area contributed by atoms with Crippen molar-refractivity contribution in [2.75, 3.05) is 18.8 Å². The number of unbranched alkanes of at least 4 members (excludes halogenated alkanes) is 2. The summed E-state index contributed by atoms with van der Waals surface area (Å²) in [5.41, 5.74) is 16.4. The number of carbonyl (C=O) groups excluding carboxylic acids is 3. The number of carboxylic acid groups (broad SMARTS) is 2. The van der Waals surface area contributed by atoms with Crippen molar-refractivity contribution in [2.24, 2.45) is 17.2 Å². The summed E-state index contributed by atoms with van der Waals surface area (Å²) < 4.78 is 0. The topological polar surface area (TPSA) is 240 Å². The van der Waals surface area contributed by atoms with Gasteiger partial charge in [0, 0.05) is 5.75 Å². The van der Waals surface area contributed by atoms with Gasteiger partial charge in [0.1, 0.15) is 18.1 Å². The molecule has 3 amide bonds. The zero-order chi connectivity index (χ0) is 25.4. The van der Waals surface area contributed by atoms with Crippen molar-refractivity contribution in [2.45, 2.75) is 69.1 Å². The summed E-state index contributed by atoms with van der Waals surface area (Å²) in [6.07, 6.45) is 1.60. The molecule has 0 aromatic carbocycles. The van der Waals surface area contributed by atoms with E-state index in [2.05, 4.69) is 28.6 Å². The Morgan fingerprint density at radius 2 is 1.18 bits per heavy atom. The van der Waals surface area contributed by atoms with Crippen molar-refractivity contribution < 1.29 is 34.2 Å². The van der Waals surface area contributed by atoms with Crippen LogP contribution in [-0.2, 0) is 24.0 Å². The molecule has 0 bridgehead atoms. The van der Waals surface area contributed by atoms with Gasteiger partial charge in [-0.05, 0) is 51.6 Å². The van der Waals surface area contributed by atoms with Crippen LogP contribution in [-0.4, -0.2) is 82.9 Å². The molecule has 13 nitrogen and oxygen atoms in total. The lowest BCUT2D eigenvalue weighted by molar-refractivity contribution is -0.143. The van der Waals surface area contributed by atoms with E-state index in [4.69, 9.17) is 22.3 Å². The van der Waals surface area contributed by atoms with Gasteiger partial charge in [0.05, 0.1) is 12.5 Å². The SMILES string of the molecule is NCCCCC(NC(=O)C(CCCCN)NC(=O)C(CC(=O)O)NC(=O)C(N)CS)C(=O)O. The second kappa shape index (κ2) is 17.1. The first-order valence-corrected chi connectivity index (χ1v) is 11.3. The third kappa shape index (κ3) is 13.0. The van der Waals surface area contributed by atoms with Crippen molar-refractivity contribution in [1.29, 1.82) is 0 Å². The van der Waals surface area contributed by atoms with Crippen LogP contribution in [0.2, 0.25) is 0 Å². The number of hydrogen-bond acceptors (Lipinski definition) is 9. The molecule has 0 aromatic rings. The van der Waals surface area contributed by atoms with Crippen LogP contribution in [0.5, 0.6) is 0 Å². The summed E-state index contributed by atoms with van der Waals surface area (Å²) in [5, 5.41) is 25.5. The molecule has 0 heterocycles. The zero-order valence-corrected chi connectivity index (χ0v) is 19.4. The maximum Gasteiger partial charge on any atom is 0.326 e. The van der Waals surface area contributed by atoms with Crippen molar-refractivity contribution in [3.05, 3.63) is 0 Å². The van der Waals surface area contributed by atoms with Crippen LogP contribution in [0.15, 0.2) is 0 Å². The molecular weight excluding hydrogens is 456 g/mol. The minimum Gasteiger partial charge on any atom is -0.481 e. The summed E-state index contributed by atoms with van der Waals surface area (Å²) in [4.78, 5) is 60.2. The van der Waals surface area contributed by atoms with Crippen LogP contribution in [0.3, 0.4) is 0 Å². The van der Waals surface area contributed by atoms with Crippen LogP contribution in [0, 0.1) is 0 Å². The summed E-state index contributed by atoms with van der Waals surface area (Å²) in [7, 11) is 0. The fourth-order valence-corrected chi connectivity index (χ4v) is 2.97. The van der Waals surface area contributed by atoms with Gasteiger partial charge in [0.15, 0.2) is 0 Å². The Balaban J connectivity index is 5.43.